The first-order valence-corrected chi connectivity index (χ1v) is 4.75. The monoisotopic (exact) mass is 212 g/mol. The lowest BCUT2D eigenvalue weighted by Crippen LogP contribution is -1.88. The SMILES string of the molecule is OCc1ccc(C#CCCCl)c(F)c1. The maximum Gasteiger partial charge on any atom is 0.139 e. The van der Waals surface area contributed by atoms with Crippen LogP contribution in [0.1, 0.15) is 17.5 Å². The van der Waals surface area contributed by atoms with Gasteiger partial charge in [-0.15, -0.1) is 11.6 Å². The summed E-state index contributed by atoms with van der Waals surface area (Å²) >= 11 is 5.43. The lowest BCUT2D eigenvalue weighted by Gasteiger charge is -1.97. The van der Waals surface area contributed by atoms with Gasteiger partial charge in [0, 0.05) is 12.3 Å². The molecule has 0 spiro atoms. The molecule has 0 aromatic heterocycles. The average molecular weight is 213 g/mol. The summed E-state index contributed by atoms with van der Waals surface area (Å²) in [5.74, 6) is 5.46. The minimum Gasteiger partial charge on any atom is -0.392 e. The minimum absolute atomic E-state index is 0.160. The van der Waals surface area contributed by atoms with Gasteiger partial charge in [-0.3, -0.25) is 0 Å². The molecule has 1 N–H and O–H groups in total. The Morgan fingerprint density at radius 3 is 2.79 bits per heavy atom. The molecule has 14 heavy (non-hydrogen) atoms. The van der Waals surface area contributed by atoms with Gasteiger partial charge in [0.05, 0.1) is 12.2 Å². The number of benzene rings is 1. The first-order valence-electron chi connectivity index (χ1n) is 4.22. The van der Waals surface area contributed by atoms with Crippen molar-refractivity contribution in [3.8, 4) is 11.8 Å². The molecule has 0 saturated heterocycles. The molecule has 0 bridgehead atoms. The van der Waals surface area contributed by atoms with E-state index in [1.807, 2.05) is 0 Å². The van der Waals surface area contributed by atoms with Gasteiger partial charge < -0.3 is 5.11 Å². The highest BCUT2D eigenvalue weighted by Crippen LogP contribution is 2.09. The van der Waals surface area contributed by atoms with Crippen LogP contribution in [0.3, 0.4) is 0 Å². The van der Waals surface area contributed by atoms with Gasteiger partial charge in [-0.2, -0.15) is 0 Å². The van der Waals surface area contributed by atoms with Crippen molar-refractivity contribution in [3.63, 3.8) is 0 Å². The summed E-state index contributed by atoms with van der Waals surface area (Å²) in [6.07, 6.45) is 0.544. The average Bonchev–Trinajstić information content (AvgIpc) is 2.20. The zero-order chi connectivity index (χ0) is 10.4. The predicted molar refractivity (Wildman–Crippen MR) is 54.5 cm³/mol. The van der Waals surface area contributed by atoms with Gasteiger partial charge in [0.25, 0.3) is 0 Å². The van der Waals surface area contributed by atoms with Gasteiger partial charge in [0.2, 0.25) is 0 Å². The first-order chi connectivity index (χ1) is 6.77. The standard InChI is InChI=1S/C11H10ClFO/c12-6-2-1-3-10-5-4-9(8-14)7-11(10)13/h4-5,7,14H,2,6,8H2. The van der Waals surface area contributed by atoms with Gasteiger partial charge in [-0.05, 0) is 17.7 Å². The van der Waals surface area contributed by atoms with E-state index in [1.165, 1.54) is 6.07 Å². The number of alkyl halides is 1. The molecule has 0 saturated carbocycles. The third-order valence-corrected chi connectivity index (χ3v) is 1.85. The second-order valence-electron chi connectivity index (χ2n) is 2.71. The number of hydrogen-bond acceptors (Lipinski definition) is 1. The Morgan fingerprint density at radius 2 is 2.21 bits per heavy atom. The van der Waals surface area contributed by atoms with E-state index in [4.69, 9.17) is 16.7 Å². The van der Waals surface area contributed by atoms with E-state index in [0.29, 0.717) is 23.4 Å². The fourth-order valence-corrected chi connectivity index (χ4v) is 1.06. The van der Waals surface area contributed by atoms with Crippen LogP contribution in [-0.4, -0.2) is 11.0 Å². The zero-order valence-corrected chi connectivity index (χ0v) is 8.31. The Bertz CT molecular complexity index is 365. The van der Waals surface area contributed by atoms with Crippen molar-refractivity contribution in [1.82, 2.24) is 0 Å². The van der Waals surface area contributed by atoms with Crippen molar-refractivity contribution in [1.29, 1.82) is 0 Å². The van der Waals surface area contributed by atoms with E-state index in [9.17, 15) is 4.39 Å². The maximum atomic E-state index is 13.2. The minimum atomic E-state index is -0.404. The van der Waals surface area contributed by atoms with Crippen molar-refractivity contribution in [2.75, 3.05) is 5.88 Å². The van der Waals surface area contributed by atoms with Crippen molar-refractivity contribution >= 4 is 11.6 Å². The molecular weight excluding hydrogens is 203 g/mol. The molecular formula is C11H10ClFO. The highest BCUT2D eigenvalue weighted by atomic mass is 35.5. The third kappa shape index (κ3) is 3.02. The summed E-state index contributed by atoms with van der Waals surface area (Å²) in [7, 11) is 0. The molecule has 0 unspecified atom stereocenters. The Hall–Kier alpha value is -1.04. The number of rotatable bonds is 2. The van der Waals surface area contributed by atoms with Crippen LogP contribution < -0.4 is 0 Å². The van der Waals surface area contributed by atoms with Crippen LogP contribution in [0.2, 0.25) is 0 Å². The van der Waals surface area contributed by atoms with Crippen LogP contribution in [0.25, 0.3) is 0 Å². The first kappa shape index (κ1) is 11.0. The molecule has 0 amide bonds. The largest absolute Gasteiger partial charge is 0.392 e. The third-order valence-electron chi connectivity index (χ3n) is 1.66. The van der Waals surface area contributed by atoms with Gasteiger partial charge in [0.15, 0.2) is 0 Å². The van der Waals surface area contributed by atoms with Crippen LogP contribution in [0.5, 0.6) is 0 Å². The van der Waals surface area contributed by atoms with Crippen LogP contribution >= 0.6 is 11.6 Å². The second kappa shape index (κ2) is 5.64. The molecule has 3 heteroatoms. The molecule has 0 heterocycles. The summed E-state index contributed by atoms with van der Waals surface area (Å²) in [5, 5.41) is 8.75. The molecule has 1 aromatic rings. The Balaban J connectivity index is 2.85. The molecule has 0 fully saturated rings. The predicted octanol–water partition coefficient (Wildman–Crippen LogP) is 2.30. The molecule has 0 aliphatic rings. The second-order valence-corrected chi connectivity index (χ2v) is 3.09. The van der Waals surface area contributed by atoms with Crippen molar-refractivity contribution in [2.45, 2.75) is 13.0 Å². The quantitative estimate of drug-likeness (QED) is 0.589. The maximum absolute atomic E-state index is 13.2. The van der Waals surface area contributed by atoms with Crippen molar-refractivity contribution in [3.05, 3.63) is 35.1 Å². The van der Waals surface area contributed by atoms with Crippen molar-refractivity contribution < 1.29 is 9.50 Å². The lowest BCUT2D eigenvalue weighted by atomic mass is 10.1. The highest BCUT2D eigenvalue weighted by Gasteiger charge is 1.99. The Labute approximate surface area is 87.5 Å². The molecule has 0 radical (unpaired) electrons. The van der Waals surface area contributed by atoms with E-state index in [2.05, 4.69) is 11.8 Å². The number of halogens is 2. The summed E-state index contributed by atoms with van der Waals surface area (Å²) in [4.78, 5) is 0. The molecule has 0 aliphatic heterocycles. The summed E-state index contributed by atoms with van der Waals surface area (Å²) < 4.78 is 13.2. The van der Waals surface area contributed by atoms with Gasteiger partial charge in [-0.1, -0.05) is 17.9 Å². The van der Waals surface area contributed by atoms with E-state index in [1.54, 1.807) is 12.1 Å². The molecule has 0 atom stereocenters. The van der Waals surface area contributed by atoms with Crippen LogP contribution in [0.15, 0.2) is 18.2 Å². The molecule has 1 nitrogen and oxygen atoms in total. The fraction of sp³-hybridized carbons (Fsp3) is 0.273. The van der Waals surface area contributed by atoms with Gasteiger partial charge in [0.1, 0.15) is 5.82 Å². The van der Waals surface area contributed by atoms with E-state index in [-0.39, 0.29) is 6.61 Å². The Kier molecular flexibility index (Phi) is 4.45. The van der Waals surface area contributed by atoms with E-state index >= 15 is 0 Å². The van der Waals surface area contributed by atoms with Gasteiger partial charge in [-0.25, -0.2) is 4.39 Å². The summed E-state index contributed by atoms with van der Waals surface area (Å²) in [6.45, 7) is -0.160. The molecule has 0 aliphatic carbocycles. The van der Waals surface area contributed by atoms with E-state index < -0.39 is 5.82 Å². The Morgan fingerprint density at radius 1 is 1.43 bits per heavy atom. The zero-order valence-electron chi connectivity index (χ0n) is 7.56. The smallest absolute Gasteiger partial charge is 0.139 e. The van der Waals surface area contributed by atoms with Crippen LogP contribution in [-0.2, 0) is 6.61 Å². The normalized spacial score (nSPS) is 9.36. The number of aliphatic hydroxyl groups excluding tert-OH is 1. The van der Waals surface area contributed by atoms with Crippen molar-refractivity contribution in [2.24, 2.45) is 0 Å². The molecule has 1 aromatic carbocycles. The fourth-order valence-electron chi connectivity index (χ4n) is 0.963. The molecule has 1 rings (SSSR count). The summed E-state index contributed by atoms with van der Waals surface area (Å²) in [6, 6.07) is 4.49. The van der Waals surface area contributed by atoms with Crippen LogP contribution in [0.4, 0.5) is 4.39 Å². The molecule has 74 valence electrons. The summed E-state index contributed by atoms with van der Waals surface area (Å²) in [5.41, 5.74) is 0.887. The highest BCUT2D eigenvalue weighted by molar-refractivity contribution is 6.18. The number of aliphatic hydroxyl groups is 1. The van der Waals surface area contributed by atoms with E-state index in [0.717, 1.165) is 0 Å². The number of hydrogen-bond donors (Lipinski definition) is 1. The van der Waals surface area contributed by atoms with Gasteiger partial charge >= 0.3 is 0 Å². The van der Waals surface area contributed by atoms with Crippen LogP contribution in [0, 0.1) is 17.7 Å². The topological polar surface area (TPSA) is 20.2 Å². The lowest BCUT2D eigenvalue weighted by molar-refractivity contribution is 0.281.